The molecule has 1 heterocycles. The summed E-state index contributed by atoms with van der Waals surface area (Å²) >= 11 is 0. The van der Waals surface area contributed by atoms with Crippen molar-refractivity contribution < 1.29 is 14.3 Å². The first-order valence-corrected chi connectivity index (χ1v) is 12.0. The van der Waals surface area contributed by atoms with Crippen LogP contribution in [0.5, 0.6) is 5.75 Å². The molecule has 176 valence electrons. The number of hydrogen-bond acceptors (Lipinski definition) is 3. The normalized spacial score (nSPS) is 13.7. The molecule has 1 fully saturated rings. The molecule has 0 spiro atoms. The third kappa shape index (κ3) is 5.19. The van der Waals surface area contributed by atoms with E-state index in [0.717, 1.165) is 21.9 Å². The molecule has 0 N–H and O–H groups in total. The average molecular weight is 465 g/mol. The van der Waals surface area contributed by atoms with E-state index in [1.165, 1.54) is 0 Å². The minimum Gasteiger partial charge on any atom is -0.484 e. The van der Waals surface area contributed by atoms with E-state index in [-0.39, 0.29) is 24.3 Å². The van der Waals surface area contributed by atoms with Gasteiger partial charge in [-0.3, -0.25) is 9.59 Å². The molecule has 5 rings (SSSR count). The Bertz CT molecular complexity index is 1260. The van der Waals surface area contributed by atoms with Crippen molar-refractivity contribution >= 4 is 22.6 Å². The standard InChI is InChI=1S/C30H28N2O3/c33-28(22-35-27-16-15-23-9-7-8-14-26(23)21-27)31-17-19-32(20-18-31)30(34)29(24-10-3-1-4-11-24)25-12-5-2-6-13-25/h1-16,21,29H,17-20,22H2. The molecule has 0 unspecified atom stereocenters. The molecule has 0 atom stereocenters. The van der Waals surface area contributed by atoms with Crippen LogP contribution in [0.1, 0.15) is 17.0 Å². The van der Waals surface area contributed by atoms with E-state index in [1.54, 1.807) is 4.90 Å². The van der Waals surface area contributed by atoms with E-state index < -0.39 is 0 Å². The van der Waals surface area contributed by atoms with Crippen LogP contribution in [0, 0.1) is 0 Å². The van der Waals surface area contributed by atoms with Crippen molar-refractivity contribution in [3.63, 3.8) is 0 Å². The quantitative estimate of drug-likeness (QED) is 0.415. The summed E-state index contributed by atoms with van der Waals surface area (Å²) in [5, 5.41) is 2.22. The smallest absolute Gasteiger partial charge is 0.260 e. The van der Waals surface area contributed by atoms with Gasteiger partial charge >= 0.3 is 0 Å². The number of rotatable bonds is 6. The van der Waals surface area contributed by atoms with E-state index in [2.05, 4.69) is 0 Å². The van der Waals surface area contributed by atoms with Gasteiger partial charge in [-0.2, -0.15) is 0 Å². The zero-order valence-electron chi connectivity index (χ0n) is 19.5. The van der Waals surface area contributed by atoms with Crippen molar-refractivity contribution in [1.29, 1.82) is 0 Å². The largest absolute Gasteiger partial charge is 0.484 e. The molecule has 0 aliphatic carbocycles. The van der Waals surface area contributed by atoms with Crippen molar-refractivity contribution in [2.45, 2.75) is 5.92 Å². The first kappa shape index (κ1) is 22.7. The lowest BCUT2D eigenvalue weighted by Gasteiger charge is -2.36. The maximum Gasteiger partial charge on any atom is 0.260 e. The highest BCUT2D eigenvalue weighted by Gasteiger charge is 2.31. The van der Waals surface area contributed by atoms with Gasteiger partial charge in [-0.05, 0) is 34.0 Å². The maximum atomic E-state index is 13.6. The van der Waals surface area contributed by atoms with E-state index >= 15 is 0 Å². The number of amides is 2. The van der Waals surface area contributed by atoms with Crippen molar-refractivity contribution in [2.24, 2.45) is 0 Å². The van der Waals surface area contributed by atoms with E-state index in [9.17, 15) is 9.59 Å². The molecule has 5 nitrogen and oxygen atoms in total. The Morgan fingerprint density at radius 3 is 1.83 bits per heavy atom. The topological polar surface area (TPSA) is 49.9 Å². The highest BCUT2D eigenvalue weighted by atomic mass is 16.5. The number of carbonyl (C=O) groups excluding carboxylic acids is 2. The summed E-state index contributed by atoms with van der Waals surface area (Å²) in [4.78, 5) is 30.0. The Hall–Kier alpha value is -4.12. The predicted octanol–water partition coefficient (Wildman–Crippen LogP) is 4.72. The summed E-state index contributed by atoms with van der Waals surface area (Å²) in [7, 11) is 0. The highest BCUT2D eigenvalue weighted by molar-refractivity contribution is 5.88. The molecule has 4 aromatic rings. The summed E-state index contributed by atoms with van der Waals surface area (Å²) in [6.07, 6.45) is 0. The Labute approximate surface area is 205 Å². The lowest BCUT2D eigenvalue weighted by Crippen LogP contribution is -2.52. The fourth-order valence-corrected chi connectivity index (χ4v) is 4.62. The van der Waals surface area contributed by atoms with Crippen LogP contribution in [0.4, 0.5) is 0 Å². The van der Waals surface area contributed by atoms with Crippen molar-refractivity contribution in [2.75, 3.05) is 32.8 Å². The number of benzene rings is 4. The Balaban J connectivity index is 1.20. The second-order valence-electron chi connectivity index (χ2n) is 8.76. The number of carbonyl (C=O) groups is 2. The zero-order chi connectivity index (χ0) is 24.0. The fourth-order valence-electron chi connectivity index (χ4n) is 4.62. The monoisotopic (exact) mass is 464 g/mol. The molecule has 4 aromatic carbocycles. The average Bonchev–Trinajstić information content (AvgIpc) is 2.93. The molecular weight excluding hydrogens is 436 g/mol. The maximum absolute atomic E-state index is 13.6. The number of fused-ring (bicyclic) bond motifs is 1. The molecule has 1 aliphatic rings. The van der Waals surface area contributed by atoms with Gasteiger partial charge in [-0.15, -0.1) is 0 Å². The van der Waals surface area contributed by atoms with Crippen LogP contribution in [0.2, 0.25) is 0 Å². The van der Waals surface area contributed by atoms with E-state index in [0.29, 0.717) is 31.9 Å². The Kier molecular flexibility index (Phi) is 6.75. The molecule has 0 saturated carbocycles. The summed E-state index contributed by atoms with van der Waals surface area (Å²) < 4.78 is 5.79. The molecule has 0 radical (unpaired) electrons. The lowest BCUT2D eigenvalue weighted by atomic mass is 9.90. The van der Waals surface area contributed by atoms with Crippen LogP contribution in [-0.2, 0) is 9.59 Å². The SMILES string of the molecule is O=C(COc1ccc2ccccc2c1)N1CCN(C(=O)C(c2ccccc2)c2ccccc2)CC1. The molecule has 0 aromatic heterocycles. The molecule has 1 saturated heterocycles. The molecule has 2 amide bonds. The number of nitrogens with zero attached hydrogens (tertiary/aromatic N) is 2. The van der Waals surface area contributed by atoms with Gasteiger partial charge in [0.15, 0.2) is 6.61 Å². The Morgan fingerprint density at radius 2 is 1.20 bits per heavy atom. The Morgan fingerprint density at radius 1 is 0.657 bits per heavy atom. The third-order valence-electron chi connectivity index (χ3n) is 6.54. The van der Waals surface area contributed by atoms with Gasteiger partial charge in [0.05, 0.1) is 5.92 Å². The minimum atomic E-state index is -0.351. The molecule has 1 aliphatic heterocycles. The zero-order valence-corrected chi connectivity index (χ0v) is 19.5. The lowest BCUT2D eigenvalue weighted by molar-refractivity contribution is -0.141. The number of piperazine rings is 1. The van der Waals surface area contributed by atoms with Crippen LogP contribution in [0.25, 0.3) is 10.8 Å². The summed E-state index contributed by atoms with van der Waals surface area (Å²) in [5.41, 5.74) is 1.96. The second-order valence-corrected chi connectivity index (χ2v) is 8.76. The van der Waals surface area contributed by atoms with Crippen molar-refractivity contribution in [3.05, 3.63) is 114 Å². The molecule has 5 heteroatoms. The van der Waals surface area contributed by atoms with Gasteiger partial charge < -0.3 is 14.5 Å². The molecular formula is C30H28N2O3. The summed E-state index contributed by atoms with van der Waals surface area (Å²) in [6, 6.07) is 33.7. The molecule has 35 heavy (non-hydrogen) atoms. The summed E-state index contributed by atoms with van der Waals surface area (Å²) in [5.74, 6) is 0.338. The van der Waals surface area contributed by atoms with Gasteiger partial charge in [0.25, 0.3) is 5.91 Å². The van der Waals surface area contributed by atoms with E-state index in [1.807, 2.05) is 108 Å². The first-order chi connectivity index (χ1) is 17.2. The van der Waals surface area contributed by atoms with Gasteiger partial charge in [0.1, 0.15) is 5.75 Å². The van der Waals surface area contributed by atoms with Crippen LogP contribution in [0.3, 0.4) is 0 Å². The second kappa shape index (κ2) is 10.4. The van der Waals surface area contributed by atoms with Gasteiger partial charge in [-0.1, -0.05) is 91.0 Å². The number of ether oxygens (including phenoxy) is 1. The number of hydrogen-bond donors (Lipinski definition) is 0. The third-order valence-corrected chi connectivity index (χ3v) is 6.54. The van der Waals surface area contributed by atoms with Gasteiger partial charge in [0, 0.05) is 26.2 Å². The highest BCUT2D eigenvalue weighted by Crippen LogP contribution is 2.27. The molecule has 0 bridgehead atoms. The first-order valence-electron chi connectivity index (χ1n) is 12.0. The van der Waals surface area contributed by atoms with Crippen LogP contribution < -0.4 is 4.74 Å². The van der Waals surface area contributed by atoms with Gasteiger partial charge in [-0.25, -0.2) is 0 Å². The minimum absolute atomic E-state index is 0.0110. The van der Waals surface area contributed by atoms with Crippen molar-refractivity contribution in [1.82, 2.24) is 9.80 Å². The predicted molar refractivity (Wildman–Crippen MR) is 137 cm³/mol. The van der Waals surface area contributed by atoms with E-state index in [4.69, 9.17) is 4.74 Å². The van der Waals surface area contributed by atoms with Crippen LogP contribution in [0.15, 0.2) is 103 Å². The van der Waals surface area contributed by atoms with Crippen molar-refractivity contribution in [3.8, 4) is 5.75 Å². The van der Waals surface area contributed by atoms with Crippen LogP contribution >= 0.6 is 0 Å². The fraction of sp³-hybridized carbons (Fsp3) is 0.200. The summed E-state index contributed by atoms with van der Waals surface area (Å²) in [6.45, 7) is 2.01. The van der Waals surface area contributed by atoms with Crippen LogP contribution in [-0.4, -0.2) is 54.4 Å². The van der Waals surface area contributed by atoms with Gasteiger partial charge in [0.2, 0.25) is 5.91 Å².